The van der Waals surface area contributed by atoms with Gasteiger partial charge in [-0.3, -0.25) is 4.74 Å². The average Bonchev–Trinajstić information content (AvgIpc) is 2.41. The minimum Gasteiger partial charge on any atom is -0.348 e. The normalized spacial score (nSPS) is 21.3. The molecule has 0 aromatic rings. The number of hydrogen-bond acceptors (Lipinski definition) is 3. The van der Waals surface area contributed by atoms with Gasteiger partial charge in [-0.1, -0.05) is 11.6 Å². The molecule has 3 atom stereocenters. The van der Waals surface area contributed by atoms with Crippen molar-refractivity contribution in [3.63, 3.8) is 0 Å². The zero-order valence-corrected chi connectivity index (χ0v) is 13.7. The SMILES string of the molecule is OC(F)(C(F)(F)F)C(F)(F)OC(F)(C(F)(F)F)C(F)(F)OC(F)(F)C(F)(Cl)C(F)(F)F. The van der Waals surface area contributed by atoms with Gasteiger partial charge in [0.1, 0.15) is 0 Å². The molecule has 0 rings (SSSR count). The van der Waals surface area contributed by atoms with Crippen molar-refractivity contribution in [1.82, 2.24) is 0 Å². The number of rotatable bonds is 7. The lowest BCUT2D eigenvalue weighted by Gasteiger charge is -2.40. The van der Waals surface area contributed by atoms with Crippen molar-refractivity contribution in [2.24, 2.45) is 0 Å². The van der Waals surface area contributed by atoms with Gasteiger partial charge in [-0.25, -0.2) is 9.13 Å². The minimum absolute atomic E-state index is 1.27. The fourth-order valence-corrected chi connectivity index (χ4v) is 1.19. The molecule has 0 aliphatic rings. The zero-order chi connectivity index (χ0) is 25.9. The highest BCUT2D eigenvalue weighted by molar-refractivity contribution is 6.24. The third kappa shape index (κ3) is 4.97. The van der Waals surface area contributed by atoms with Gasteiger partial charge in [0.2, 0.25) is 0 Å². The molecule has 0 spiro atoms. The van der Waals surface area contributed by atoms with Crippen molar-refractivity contribution in [2.45, 2.75) is 53.7 Å². The Hall–Kier alpha value is -1.09. The number of halogens is 19. The summed E-state index contributed by atoms with van der Waals surface area (Å²) in [6, 6.07) is 0. The Morgan fingerprint density at radius 1 is 0.452 bits per heavy atom. The molecule has 0 radical (unpaired) electrons. The second-order valence-electron chi connectivity index (χ2n) is 5.04. The van der Waals surface area contributed by atoms with Crippen molar-refractivity contribution >= 4 is 11.6 Å². The van der Waals surface area contributed by atoms with Crippen molar-refractivity contribution in [3.05, 3.63) is 0 Å². The van der Waals surface area contributed by atoms with Gasteiger partial charge in [0.05, 0.1) is 0 Å². The van der Waals surface area contributed by atoms with E-state index in [0.717, 1.165) is 0 Å². The Bertz CT molecular complexity index is 647. The van der Waals surface area contributed by atoms with E-state index in [1.165, 1.54) is 9.47 Å². The van der Waals surface area contributed by atoms with Crippen LogP contribution in [-0.2, 0) is 9.47 Å². The standard InChI is InChI=1S/C9HClF18O3/c10-1(11,4(14,15)16)7(23,24)31-9(27,28)3(13,6(20,21)22)30-8(25,26)2(12,29)5(17,18)19/h29H. The van der Waals surface area contributed by atoms with Gasteiger partial charge in [-0.2, -0.15) is 74.6 Å². The largest absolute Gasteiger partial charge is 0.458 e. The topological polar surface area (TPSA) is 38.7 Å². The molecule has 3 nitrogen and oxygen atoms in total. The molecule has 0 bridgehead atoms. The zero-order valence-electron chi connectivity index (χ0n) is 12.9. The van der Waals surface area contributed by atoms with Crippen LogP contribution in [0.4, 0.5) is 79.0 Å². The maximum Gasteiger partial charge on any atom is 0.458 e. The number of hydrogen-bond donors (Lipinski definition) is 1. The quantitative estimate of drug-likeness (QED) is 0.336. The van der Waals surface area contributed by atoms with Crippen LogP contribution in [-0.4, -0.2) is 58.8 Å². The van der Waals surface area contributed by atoms with E-state index < -0.39 is 53.7 Å². The van der Waals surface area contributed by atoms with Gasteiger partial charge in [0.25, 0.3) is 0 Å². The van der Waals surface area contributed by atoms with Gasteiger partial charge in [0, 0.05) is 0 Å². The van der Waals surface area contributed by atoms with E-state index >= 15 is 0 Å². The predicted molar refractivity (Wildman–Crippen MR) is 54.8 cm³/mol. The maximum absolute atomic E-state index is 13.6. The Labute approximate surface area is 160 Å². The highest BCUT2D eigenvalue weighted by atomic mass is 35.5. The Balaban J connectivity index is 6.55. The molecule has 3 unspecified atom stereocenters. The second kappa shape index (κ2) is 7.47. The van der Waals surface area contributed by atoms with Crippen LogP contribution in [0.15, 0.2) is 0 Å². The van der Waals surface area contributed by atoms with Crippen LogP contribution in [0.3, 0.4) is 0 Å². The summed E-state index contributed by atoms with van der Waals surface area (Å²) in [7, 11) is 0. The summed E-state index contributed by atoms with van der Waals surface area (Å²) in [5.74, 6) is -15.5. The molecule has 1 N–H and O–H groups in total. The van der Waals surface area contributed by atoms with E-state index in [0.29, 0.717) is 0 Å². The highest BCUT2D eigenvalue weighted by Gasteiger charge is 2.85. The molecule has 0 fully saturated rings. The first-order valence-corrected chi connectivity index (χ1v) is 6.51. The van der Waals surface area contributed by atoms with Crippen molar-refractivity contribution in [3.8, 4) is 0 Å². The molecule has 31 heavy (non-hydrogen) atoms. The second-order valence-corrected chi connectivity index (χ2v) is 5.56. The first-order valence-electron chi connectivity index (χ1n) is 6.13. The number of ether oxygens (including phenoxy) is 2. The third-order valence-corrected chi connectivity index (χ3v) is 3.18. The smallest absolute Gasteiger partial charge is 0.348 e. The predicted octanol–water partition coefficient (Wildman–Crippen LogP) is 5.71. The maximum atomic E-state index is 13.6. The summed E-state index contributed by atoms with van der Waals surface area (Å²) >= 11 is 3.50. The molecule has 22 heteroatoms. The van der Waals surface area contributed by atoms with E-state index in [1.54, 1.807) is 0 Å². The molecule has 0 heterocycles. The van der Waals surface area contributed by atoms with Gasteiger partial charge in [-0.15, -0.1) is 0 Å². The van der Waals surface area contributed by atoms with Gasteiger partial charge >= 0.3 is 53.7 Å². The monoisotopic (exact) mass is 534 g/mol. The number of alkyl halides is 19. The molecule has 188 valence electrons. The molecular weight excluding hydrogens is 534 g/mol. The van der Waals surface area contributed by atoms with E-state index in [1.807, 2.05) is 0 Å². The lowest BCUT2D eigenvalue weighted by molar-refractivity contribution is -0.560. The third-order valence-electron chi connectivity index (χ3n) is 2.75. The fourth-order valence-electron chi connectivity index (χ4n) is 1.15. The summed E-state index contributed by atoms with van der Waals surface area (Å²) in [6.07, 6.45) is -45.9. The average molecular weight is 535 g/mol. The minimum atomic E-state index is -8.09. The van der Waals surface area contributed by atoms with Gasteiger partial charge in [-0.05, 0) is 0 Å². The summed E-state index contributed by atoms with van der Waals surface area (Å²) in [5, 5.41) is 0.966. The molecule has 0 aliphatic heterocycles. The van der Waals surface area contributed by atoms with Crippen LogP contribution >= 0.6 is 11.6 Å². The molecule has 0 aromatic carbocycles. The summed E-state index contributed by atoms with van der Waals surface area (Å²) < 4.78 is 229. The van der Waals surface area contributed by atoms with Crippen molar-refractivity contribution in [2.75, 3.05) is 0 Å². The van der Waals surface area contributed by atoms with Gasteiger partial charge in [0.15, 0.2) is 0 Å². The summed E-state index contributed by atoms with van der Waals surface area (Å²) in [4.78, 5) is 0. The van der Waals surface area contributed by atoms with E-state index in [9.17, 15) is 79.0 Å². The molecule has 0 aliphatic carbocycles. The lowest BCUT2D eigenvalue weighted by atomic mass is 10.2. The Morgan fingerprint density at radius 2 is 0.806 bits per heavy atom. The van der Waals surface area contributed by atoms with Crippen LogP contribution in [0, 0.1) is 0 Å². The highest BCUT2D eigenvalue weighted by Crippen LogP contribution is 2.57. The molecule has 0 aromatic heterocycles. The van der Waals surface area contributed by atoms with Crippen molar-refractivity contribution in [1.29, 1.82) is 0 Å². The fraction of sp³-hybridized carbons (Fsp3) is 1.00. The van der Waals surface area contributed by atoms with Gasteiger partial charge < -0.3 is 5.11 Å². The van der Waals surface area contributed by atoms with E-state index in [4.69, 9.17) is 5.11 Å². The molecule has 0 saturated carbocycles. The van der Waals surface area contributed by atoms with E-state index in [-0.39, 0.29) is 0 Å². The van der Waals surface area contributed by atoms with Crippen LogP contribution < -0.4 is 0 Å². The summed E-state index contributed by atoms with van der Waals surface area (Å²) in [5.41, 5.74) is 0. The van der Waals surface area contributed by atoms with E-state index in [2.05, 4.69) is 11.6 Å². The van der Waals surface area contributed by atoms with Crippen LogP contribution in [0.2, 0.25) is 0 Å². The number of aliphatic hydroxyl groups is 1. The van der Waals surface area contributed by atoms with Crippen molar-refractivity contribution < 1.29 is 93.6 Å². The first kappa shape index (κ1) is 29.9. The lowest BCUT2D eigenvalue weighted by Crippen LogP contribution is -2.68. The van der Waals surface area contributed by atoms with Crippen LogP contribution in [0.1, 0.15) is 0 Å². The first-order chi connectivity index (χ1) is 12.9. The molecular formula is C9HClF18O3. The Morgan fingerprint density at radius 3 is 1.06 bits per heavy atom. The summed E-state index contributed by atoms with van der Waals surface area (Å²) in [6.45, 7) is 0. The van der Waals surface area contributed by atoms with Crippen LogP contribution in [0.25, 0.3) is 0 Å². The molecule has 0 saturated heterocycles. The Kier molecular flexibility index (Phi) is 7.21. The van der Waals surface area contributed by atoms with Crippen LogP contribution in [0.5, 0.6) is 0 Å². The molecule has 0 amide bonds.